The van der Waals surface area contributed by atoms with Crippen molar-refractivity contribution >= 4 is 0 Å². The fourth-order valence-electron chi connectivity index (χ4n) is 2.27. The Bertz CT molecular complexity index is 392. The van der Waals surface area contributed by atoms with Crippen LogP contribution in [-0.4, -0.2) is 6.61 Å². The highest BCUT2D eigenvalue weighted by Crippen LogP contribution is 2.09. The smallest absolute Gasteiger partial charge is 0.119 e. The van der Waals surface area contributed by atoms with E-state index in [1.807, 2.05) is 30.3 Å². The lowest BCUT2D eigenvalue weighted by atomic mass is 10.1. The Labute approximate surface area is 137 Å². The molecule has 1 heteroatoms. The molecule has 0 saturated heterocycles. The van der Waals surface area contributed by atoms with E-state index in [4.69, 9.17) is 4.74 Å². The first kappa shape index (κ1) is 18.5. The number of para-hydroxylation sites is 1. The average Bonchev–Trinajstić information content (AvgIpc) is 2.56. The van der Waals surface area contributed by atoms with Crippen LogP contribution in [-0.2, 0) is 0 Å². The van der Waals surface area contributed by atoms with E-state index in [0.29, 0.717) is 0 Å². The molecule has 0 aliphatic heterocycles. The van der Waals surface area contributed by atoms with E-state index in [2.05, 4.69) is 31.2 Å². The maximum absolute atomic E-state index is 5.68. The first-order valence-corrected chi connectivity index (χ1v) is 8.91. The fourth-order valence-corrected chi connectivity index (χ4v) is 2.27. The van der Waals surface area contributed by atoms with Gasteiger partial charge in [-0.15, -0.1) is 0 Å². The summed E-state index contributed by atoms with van der Waals surface area (Å²) in [7, 11) is 0. The Kier molecular flexibility index (Phi) is 12.2. The van der Waals surface area contributed by atoms with E-state index in [0.717, 1.165) is 25.2 Å². The minimum absolute atomic E-state index is 0.828. The third kappa shape index (κ3) is 11.2. The van der Waals surface area contributed by atoms with Crippen molar-refractivity contribution in [1.82, 2.24) is 0 Å². The molecule has 0 fully saturated rings. The normalized spacial score (nSPS) is 11.5. The molecule has 0 heterocycles. The van der Waals surface area contributed by atoms with E-state index in [1.165, 1.54) is 44.9 Å². The molecular formula is C21H32O. The summed E-state index contributed by atoms with van der Waals surface area (Å²) < 4.78 is 5.68. The SMILES string of the molecule is CCCCCC=CCC=CCCCCCOc1ccccc1. The Morgan fingerprint density at radius 3 is 2.14 bits per heavy atom. The van der Waals surface area contributed by atoms with E-state index in [1.54, 1.807) is 0 Å². The quantitative estimate of drug-likeness (QED) is 0.290. The van der Waals surface area contributed by atoms with Crippen molar-refractivity contribution in [2.75, 3.05) is 6.61 Å². The number of hydrogen-bond donors (Lipinski definition) is 0. The number of unbranched alkanes of at least 4 members (excludes halogenated alkanes) is 6. The summed E-state index contributed by atoms with van der Waals surface area (Å²) in [6.07, 6.45) is 20.4. The summed E-state index contributed by atoms with van der Waals surface area (Å²) in [6, 6.07) is 10.1. The first-order chi connectivity index (χ1) is 10.9. The minimum Gasteiger partial charge on any atom is -0.494 e. The van der Waals surface area contributed by atoms with Crippen LogP contribution in [0, 0.1) is 0 Å². The van der Waals surface area contributed by atoms with Crippen molar-refractivity contribution in [3.63, 3.8) is 0 Å². The largest absolute Gasteiger partial charge is 0.494 e. The number of rotatable bonds is 13. The summed E-state index contributed by atoms with van der Waals surface area (Å²) in [6.45, 7) is 3.08. The van der Waals surface area contributed by atoms with Gasteiger partial charge in [-0.25, -0.2) is 0 Å². The van der Waals surface area contributed by atoms with Crippen LogP contribution in [0.2, 0.25) is 0 Å². The number of hydrogen-bond acceptors (Lipinski definition) is 1. The monoisotopic (exact) mass is 300 g/mol. The highest BCUT2D eigenvalue weighted by atomic mass is 16.5. The second kappa shape index (κ2) is 14.4. The molecule has 1 rings (SSSR count). The predicted octanol–water partition coefficient (Wildman–Crippen LogP) is 6.71. The lowest BCUT2D eigenvalue weighted by Gasteiger charge is -2.04. The van der Waals surface area contributed by atoms with Crippen LogP contribution in [0.1, 0.15) is 64.7 Å². The van der Waals surface area contributed by atoms with Gasteiger partial charge in [-0.2, -0.15) is 0 Å². The molecule has 1 aromatic rings. The second-order valence-corrected chi connectivity index (χ2v) is 5.69. The van der Waals surface area contributed by atoms with E-state index < -0.39 is 0 Å². The molecule has 0 N–H and O–H groups in total. The summed E-state index contributed by atoms with van der Waals surface area (Å²) in [4.78, 5) is 0. The molecule has 0 atom stereocenters. The molecule has 0 spiro atoms. The highest BCUT2D eigenvalue weighted by molar-refractivity contribution is 5.20. The molecule has 1 aromatic carbocycles. The minimum atomic E-state index is 0.828. The lowest BCUT2D eigenvalue weighted by molar-refractivity contribution is 0.305. The molecule has 122 valence electrons. The molecule has 0 aliphatic rings. The fraction of sp³-hybridized carbons (Fsp3) is 0.524. The molecule has 22 heavy (non-hydrogen) atoms. The molecule has 0 aromatic heterocycles. The van der Waals surface area contributed by atoms with Gasteiger partial charge in [0.05, 0.1) is 6.61 Å². The molecule has 0 bridgehead atoms. The zero-order valence-corrected chi connectivity index (χ0v) is 14.2. The lowest BCUT2D eigenvalue weighted by Crippen LogP contribution is -1.96. The Morgan fingerprint density at radius 2 is 1.45 bits per heavy atom. The molecule has 1 nitrogen and oxygen atoms in total. The van der Waals surface area contributed by atoms with Gasteiger partial charge in [-0.3, -0.25) is 0 Å². The maximum Gasteiger partial charge on any atom is 0.119 e. The summed E-state index contributed by atoms with van der Waals surface area (Å²) in [5.41, 5.74) is 0. The number of allylic oxidation sites excluding steroid dienone is 4. The van der Waals surface area contributed by atoms with Gasteiger partial charge >= 0.3 is 0 Å². The summed E-state index contributed by atoms with van der Waals surface area (Å²) in [5.74, 6) is 0.980. The maximum atomic E-state index is 5.68. The van der Waals surface area contributed by atoms with Crippen molar-refractivity contribution < 1.29 is 4.74 Å². The third-order valence-electron chi connectivity index (χ3n) is 3.61. The molecule has 0 radical (unpaired) electrons. The molecule has 0 amide bonds. The van der Waals surface area contributed by atoms with Crippen LogP contribution >= 0.6 is 0 Å². The Balaban J connectivity index is 1.85. The average molecular weight is 300 g/mol. The van der Waals surface area contributed by atoms with Crippen LogP contribution in [0.3, 0.4) is 0 Å². The second-order valence-electron chi connectivity index (χ2n) is 5.69. The van der Waals surface area contributed by atoms with E-state index in [9.17, 15) is 0 Å². The van der Waals surface area contributed by atoms with Gasteiger partial charge in [-0.05, 0) is 57.1 Å². The van der Waals surface area contributed by atoms with Gasteiger partial charge in [0, 0.05) is 0 Å². The Hall–Kier alpha value is -1.50. The van der Waals surface area contributed by atoms with Crippen molar-refractivity contribution in [3.8, 4) is 5.75 Å². The standard InChI is InChI=1S/C21H32O/c1-2-3-4-5-6-7-8-9-10-11-12-13-17-20-22-21-18-15-14-16-19-21/h6-7,9-10,14-16,18-19H,2-5,8,11-13,17,20H2,1H3. The number of ether oxygens (including phenoxy) is 1. The van der Waals surface area contributed by atoms with Crippen molar-refractivity contribution in [3.05, 3.63) is 54.6 Å². The van der Waals surface area contributed by atoms with Crippen molar-refractivity contribution in [2.45, 2.75) is 64.7 Å². The van der Waals surface area contributed by atoms with E-state index in [-0.39, 0.29) is 0 Å². The van der Waals surface area contributed by atoms with Gasteiger partial charge in [0.2, 0.25) is 0 Å². The molecule has 0 unspecified atom stereocenters. The van der Waals surface area contributed by atoms with Gasteiger partial charge < -0.3 is 4.74 Å². The van der Waals surface area contributed by atoms with E-state index >= 15 is 0 Å². The molecule has 0 aliphatic carbocycles. The van der Waals surface area contributed by atoms with Crippen LogP contribution in [0.4, 0.5) is 0 Å². The predicted molar refractivity (Wildman–Crippen MR) is 97.4 cm³/mol. The Morgan fingerprint density at radius 1 is 0.773 bits per heavy atom. The zero-order valence-electron chi connectivity index (χ0n) is 14.2. The van der Waals surface area contributed by atoms with Gasteiger partial charge in [0.1, 0.15) is 5.75 Å². The van der Waals surface area contributed by atoms with Crippen molar-refractivity contribution in [2.24, 2.45) is 0 Å². The number of benzene rings is 1. The van der Waals surface area contributed by atoms with Crippen molar-refractivity contribution in [1.29, 1.82) is 0 Å². The molecular weight excluding hydrogens is 268 g/mol. The van der Waals surface area contributed by atoms with Crippen LogP contribution in [0.5, 0.6) is 5.75 Å². The summed E-state index contributed by atoms with van der Waals surface area (Å²) in [5, 5.41) is 0. The van der Waals surface area contributed by atoms with Gasteiger partial charge in [0.25, 0.3) is 0 Å². The highest BCUT2D eigenvalue weighted by Gasteiger charge is 1.91. The summed E-state index contributed by atoms with van der Waals surface area (Å²) >= 11 is 0. The topological polar surface area (TPSA) is 9.23 Å². The van der Waals surface area contributed by atoms with Crippen LogP contribution in [0.25, 0.3) is 0 Å². The van der Waals surface area contributed by atoms with Crippen LogP contribution in [0.15, 0.2) is 54.6 Å². The third-order valence-corrected chi connectivity index (χ3v) is 3.61. The van der Waals surface area contributed by atoms with Crippen LogP contribution < -0.4 is 4.74 Å². The zero-order chi connectivity index (χ0) is 15.7. The van der Waals surface area contributed by atoms with Gasteiger partial charge in [-0.1, -0.05) is 62.3 Å². The molecule has 0 saturated carbocycles. The van der Waals surface area contributed by atoms with Gasteiger partial charge in [0.15, 0.2) is 0 Å². The first-order valence-electron chi connectivity index (χ1n) is 8.91.